The largest absolute Gasteiger partial charge is 0.350 e. The molecule has 214 valence electrons. The first-order valence-corrected chi connectivity index (χ1v) is 16.1. The first kappa shape index (κ1) is 29.3. The van der Waals surface area contributed by atoms with Gasteiger partial charge in [0.25, 0.3) is 0 Å². The van der Waals surface area contributed by atoms with Crippen LogP contribution in [-0.4, -0.2) is 42.3 Å². The van der Waals surface area contributed by atoms with Gasteiger partial charge < -0.3 is 10.2 Å². The highest BCUT2D eigenvalue weighted by atomic mass is 32.2. The average Bonchev–Trinajstić information content (AvgIpc) is 3.21. The highest BCUT2D eigenvalue weighted by Crippen LogP contribution is 2.28. The normalized spacial score (nSPS) is 19.4. The van der Waals surface area contributed by atoms with E-state index in [1.807, 2.05) is 36.0 Å². The maximum atomic E-state index is 12.6. The molecule has 0 spiro atoms. The van der Waals surface area contributed by atoms with Crippen molar-refractivity contribution in [1.29, 1.82) is 0 Å². The topological polar surface area (TPSA) is 49.4 Å². The monoisotopic (exact) mass is 566 g/mol. The van der Waals surface area contributed by atoms with Gasteiger partial charge in [0, 0.05) is 41.4 Å². The Balaban J connectivity index is 1.01. The number of Topliss-reactive ketones (excluding diaryl/α,β-unsaturated/α-hetero) is 1. The first-order chi connectivity index (χ1) is 20.0. The lowest BCUT2D eigenvalue weighted by atomic mass is 9.84. The summed E-state index contributed by atoms with van der Waals surface area (Å²) in [6.07, 6.45) is 11.4. The van der Waals surface area contributed by atoms with Crippen LogP contribution in [0.4, 0.5) is 0 Å². The van der Waals surface area contributed by atoms with Gasteiger partial charge in [0.1, 0.15) is 0 Å². The minimum Gasteiger partial charge on any atom is -0.350 e. The number of rotatable bonds is 10. The summed E-state index contributed by atoms with van der Waals surface area (Å²) in [6.45, 7) is 4.95. The van der Waals surface area contributed by atoms with Gasteiger partial charge in [-0.1, -0.05) is 54.6 Å². The average molecular weight is 567 g/mol. The van der Waals surface area contributed by atoms with Crippen LogP contribution in [0.25, 0.3) is 6.08 Å². The third-order valence-electron chi connectivity index (χ3n) is 8.59. The Kier molecular flexibility index (Phi) is 10.5. The van der Waals surface area contributed by atoms with Gasteiger partial charge in [0.15, 0.2) is 5.78 Å². The van der Waals surface area contributed by atoms with Crippen LogP contribution in [0.15, 0.2) is 83.8 Å². The molecule has 0 radical (unpaired) electrons. The van der Waals surface area contributed by atoms with E-state index in [9.17, 15) is 9.59 Å². The van der Waals surface area contributed by atoms with Gasteiger partial charge in [-0.15, -0.1) is 11.8 Å². The summed E-state index contributed by atoms with van der Waals surface area (Å²) in [6, 6.07) is 25.4. The van der Waals surface area contributed by atoms with Crippen LogP contribution in [-0.2, 0) is 23.4 Å². The number of amides is 1. The molecule has 4 nitrogen and oxygen atoms in total. The molecule has 1 saturated carbocycles. The molecule has 0 saturated heterocycles. The summed E-state index contributed by atoms with van der Waals surface area (Å²) in [4.78, 5) is 28.2. The van der Waals surface area contributed by atoms with E-state index in [2.05, 4.69) is 64.8 Å². The predicted octanol–water partition coefficient (Wildman–Crippen LogP) is 7.36. The van der Waals surface area contributed by atoms with E-state index in [4.69, 9.17) is 0 Å². The van der Waals surface area contributed by atoms with Crippen molar-refractivity contribution in [1.82, 2.24) is 10.2 Å². The molecular weight excluding hydrogens is 524 g/mol. The van der Waals surface area contributed by atoms with E-state index in [0.717, 1.165) is 68.1 Å². The van der Waals surface area contributed by atoms with Crippen LogP contribution in [0.3, 0.4) is 0 Å². The van der Waals surface area contributed by atoms with Gasteiger partial charge in [0.05, 0.1) is 0 Å². The van der Waals surface area contributed by atoms with Crippen molar-refractivity contribution in [3.8, 4) is 0 Å². The number of nitrogens with one attached hydrogen (secondary N) is 1. The molecular formula is C36H42N2O2S. The number of carbonyl (C=O) groups is 2. The molecule has 1 heterocycles. The number of fused-ring (bicyclic) bond motifs is 1. The maximum absolute atomic E-state index is 12.6. The van der Waals surface area contributed by atoms with Crippen LogP contribution < -0.4 is 5.32 Å². The Morgan fingerprint density at radius 1 is 0.902 bits per heavy atom. The molecule has 0 bridgehead atoms. The number of ketones is 1. The number of thioether (sulfide) groups is 1. The summed E-state index contributed by atoms with van der Waals surface area (Å²) < 4.78 is 0. The van der Waals surface area contributed by atoms with Gasteiger partial charge in [0.2, 0.25) is 5.91 Å². The van der Waals surface area contributed by atoms with Gasteiger partial charge in [-0.2, -0.15) is 0 Å². The van der Waals surface area contributed by atoms with E-state index >= 15 is 0 Å². The lowest BCUT2D eigenvalue weighted by molar-refractivity contribution is -0.117. The Bertz CT molecular complexity index is 1340. The number of nitrogens with zero attached hydrogens (tertiary/aromatic N) is 1. The molecule has 3 aromatic rings. The molecule has 2 aliphatic rings. The van der Waals surface area contributed by atoms with Crippen LogP contribution in [0, 0.1) is 5.92 Å². The van der Waals surface area contributed by atoms with E-state index in [1.165, 1.54) is 40.8 Å². The van der Waals surface area contributed by atoms with E-state index in [1.54, 1.807) is 13.0 Å². The quantitative estimate of drug-likeness (QED) is 0.158. The lowest BCUT2D eigenvalue weighted by Crippen LogP contribution is -2.37. The zero-order valence-electron chi connectivity index (χ0n) is 24.2. The highest BCUT2D eigenvalue weighted by molar-refractivity contribution is 7.98. The first-order valence-electron chi connectivity index (χ1n) is 15.1. The lowest BCUT2D eigenvalue weighted by Gasteiger charge is -2.30. The van der Waals surface area contributed by atoms with Crippen molar-refractivity contribution in [3.63, 3.8) is 0 Å². The van der Waals surface area contributed by atoms with Crippen LogP contribution in [0.2, 0.25) is 0 Å². The van der Waals surface area contributed by atoms with Gasteiger partial charge in [-0.05, 0) is 111 Å². The Hall–Kier alpha value is -3.15. The molecule has 0 atom stereocenters. The second-order valence-electron chi connectivity index (χ2n) is 11.6. The van der Waals surface area contributed by atoms with Crippen molar-refractivity contribution in [2.24, 2.45) is 5.92 Å². The minimum absolute atomic E-state index is 0.00727. The molecule has 1 fully saturated rings. The molecule has 0 unspecified atom stereocenters. The molecule has 0 aromatic heterocycles. The van der Waals surface area contributed by atoms with Crippen LogP contribution >= 0.6 is 11.8 Å². The maximum Gasteiger partial charge on any atom is 0.244 e. The van der Waals surface area contributed by atoms with Gasteiger partial charge >= 0.3 is 0 Å². The Labute approximate surface area is 249 Å². The summed E-state index contributed by atoms with van der Waals surface area (Å²) in [5.41, 5.74) is 5.94. The predicted molar refractivity (Wildman–Crippen MR) is 170 cm³/mol. The number of hydrogen-bond acceptors (Lipinski definition) is 4. The van der Waals surface area contributed by atoms with Gasteiger partial charge in [-0.25, -0.2) is 0 Å². The number of benzene rings is 3. The minimum atomic E-state index is 0.00727. The number of hydrogen-bond donors (Lipinski definition) is 1. The molecule has 41 heavy (non-hydrogen) atoms. The van der Waals surface area contributed by atoms with Crippen LogP contribution in [0.5, 0.6) is 0 Å². The SMILES string of the molecule is CC(=O)c1ccc2c(c1)CCN(CCC1CCC(NC(=O)/C=C/c3cccc(SCc4ccccc4)c3)CC1)CC2. The molecule has 3 aromatic carbocycles. The van der Waals surface area contributed by atoms with Crippen molar-refractivity contribution in [2.75, 3.05) is 19.6 Å². The number of carbonyl (C=O) groups excluding carboxylic acids is 2. The second kappa shape index (κ2) is 14.7. The zero-order chi connectivity index (χ0) is 28.4. The van der Waals surface area contributed by atoms with Crippen molar-refractivity contribution >= 4 is 29.5 Å². The fourth-order valence-corrected chi connectivity index (χ4v) is 6.96. The highest BCUT2D eigenvalue weighted by Gasteiger charge is 2.23. The summed E-state index contributed by atoms with van der Waals surface area (Å²) in [5, 5.41) is 3.24. The van der Waals surface area contributed by atoms with Crippen LogP contribution in [0.1, 0.15) is 71.6 Å². The molecule has 1 aliphatic heterocycles. The van der Waals surface area contributed by atoms with Crippen molar-refractivity contribution in [2.45, 2.75) is 68.6 Å². The standard InChI is InChI=1S/C36H42N2O2S/c1-27(39)32-14-13-31-19-22-38(23-20-33(31)25-32)21-18-28-10-15-34(16-11-28)37-36(40)17-12-29-8-5-9-35(24-29)41-26-30-6-3-2-4-7-30/h2-9,12-14,17,24-25,28,34H,10-11,15-16,18-23,26H2,1H3,(H,37,40)/b17-12+. The summed E-state index contributed by atoms with van der Waals surface area (Å²) in [7, 11) is 0. The third kappa shape index (κ3) is 8.92. The van der Waals surface area contributed by atoms with Gasteiger partial charge in [-0.3, -0.25) is 9.59 Å². The van der Waals surface area contributed by atoms with E-state index in [0.29, 0.717) is 0 Å². The second-order valence-corrected chi connectivity index (χ2v) is 12.6. The molecule has 5 rings (SSSR count). The molecule has 1 N–H and O–H groups in total. The molecule has 1 amide bonds. The molecule has 1 aliphatic carbocycles. The van der Waals surface area contributed by atoms with E-state index < -0.39 is 0 Å². The van der Waals surface area contributed by atoms with Crippen molar-refractivity contribution in [3.05, 3.63) is 107 Å². The fourth-order valence-electron chi connectivity index (χ4n) is 6.04. The molecule has 5 heteroatoms. The smallest absolute Gasteiger partial charge is 0.244 e. The zero-order valence-corrected chi connectivity index (χ0v) is 25.0. The summed E-state index contributed by atoms with van der Waals surface area (Å²) >= 11 is 1.81. The van der Waals surface area contributed by atoms with Crippen molar-refractivity contribution < 1.29 is 9.59 Å². The van der Waals surface area contributed by atoms with E-state index in [-0.39, 0.29) is 17.7 Å². The Morgan fingerprint density at radius 3 is 2.46 bits per heavy atom. The third-order valence-corrected chi connectivity index (χ3v) is 9.65. The Morgan fingerprint density at radius 2 is 1.68 bits per heavy atom. The fraction of sp³-hybridized carbons (Fsp3) is 0.389. The summed E-state index contributed by atoms with van der Waals surface area (Å²) in [5.74, 6) is 1.83.